The number of aryl methyl sites for hydroxylation is 2. The lowest BCUT2D eigenvalue weighted by Crippen LogP contribution is -2.39. The predicted molar refractivity (Wildman–Crippen MR) is 227 cm³/mol. The number of fused-ring (bicyclic) bond motifs is 2. The van der Waals surface area contributed by atoms with Crippen molar-refractivity contribution in [1.29, 1.82) is 0 Å². The Balaban J connectivity index is 1.38. The minimum absolute atomic E-state index is 0.00741. The van der Waals surface area contributed by atoms with E-state index in [2.05, 4.69) is 0 Å². The van der Waals surface area contributed by atoms with Gasteiger partial charge in [-0.1, -0.05) is 49.8 Å². The molecule has 0 aliphatic carbocycles. The van der Waals surface area contributed by atoms with Gasteiger partial charge >= 0.3 is 11.8 Å². The molecule has 0 atom stereocenters. The largest absolute Gasteiger partial charge is 0.425 e. The Morgan fingerprint density at radius 1 is 0.852 bits per heavy atom. The molecule has 5 rings (SSSR count). The van der Waals surface area contributed by atoms with E-state index >= 15 is 0 Å². The number of hydrogen-bond donors (Lipinski definition) is 3. The first-order chi connectivity index (χ1) is 28.3. The molecule has 61 heavy (non-hydrogen) atoms. The number of hydrogen-bond acceptors (Lipinski definition) is 12. The summed E-state index contributed by atoms with van der Waals surface area (Å²) in [6.07, 6.45) is 10.4. The summed E-state index contributed by atoms with van der Waals surface area (Å²) in [4.78, 5) is 37.9. The number of hydroxylamine groups is 2. The number of ether oxygens (including phenoxy) is 1. The van der Waals surface area contributed by atoms with Gasteiger partial charge in [0.05, 0.1) is 39.5 Å². The fraction of sp³-hybridized carbons (Fsp3) is 0.366. The highest BCUT2D eigenvalue weighted by atomic mass is 32.2. The Labute approximate surface area is 355 Å². The number of anilines is 1. The van der Waals surface area contributed by atoms with Crippen LogP contribution < -0.4 is 14.2 Å². The number of carbonyl (C=O) groups excluding carboxylic acids is 2. The number of carbonyl (C=O) groups is 2. The number of aliphatic imine (C=N–C) groups is 1. The van der Waals surface area contributed by atoms with Gasteiger partial charge in [-0.25, -0.2) is 14.4 Å². The summed E-state index contributed by atoms with van der Waals surface area (Å²) in [7, 11) is -11.7. The Morgan fingerprint density at radius 3 is 2.15 bits per heavy atom. The fourth-order valence-electron chi connectivity index (χ4n) is 7.04. The van der Waals surface area contributed by atoms with Gasteiger partial charge in [0.2, 0.25) is 0 Å². The Kier molecular flexibility index (Phi) is 13.9. The van der Waals surface area contributed by atoms with E-state index in [1.807, 2.05) is 39.5 Å². The number of nitrogens with zero attached hydrogens (tertiary/aromatic N) is 4. The number of amides is 1. The summed E-state index contributed by atoms with van der Waals surface area (Å²) < 4.78 is 105. The summed E-state index contributed by atoms with van der Waals surface area (Å²) in [5.74, 6) is -1.57. The second-order valence-corrected chi connectivity index (χ2v) is 20.2. The van der Waals surface area contributed by atoms with Gasteiger partial charge in [-0.2, -0.15) is 25.3 Å². The SMILES string of the molecule is Cc1ccc(OC(=O)CON(C)C(=O)c2cc3c([n+](CCCS(=O)(=O)O)c2)N=C(/C=C/C=C/C=C2/N(CCCS(=O)(=O)O)c4ccc(S(=O)(=O)O)cc4C2(C)C)C3(C)C)cc1. The molecule has 0 saturated carbocycles. The van der Waals surface area contributed by atoms with Crippen LogP contribution in [0.1, 0.15) is 67.6 Å². The molecule has 0 fully saturated rings. The smallest absolute Gasteiger partial charge is 0.340 e. The van der Waals surface area contributed by atoms with E-state index in [4.69, 9.17) is 14.6 Å². The summed E-state index contributed by atoms with van der Waals surface area (Å²) >= 11 is 0. The third kappa shape index (κ3) is 11.6. The third-order valence-electron chi connectivity index (χ3n) is 10.3. The number of rotatable bonds is 17. The van der Waals surface area contributed by atoms with Gasteiger partial charge in [0.1, 0.15) is 11.9 Å². The van der Waals surface area contributed by atoms with Gasteiger partial charge in [0.25, 0.3) is 36.3 Å². The Bertz CT molecular complexity index is 2670. The van der Waals surface area contributed by atoms with Crippen molar-refractivity contribution >= 4 is 59.4 Å². The predicted octanol–water partition coefficient (Wildman–Crippen LogP) is 4.85. The van der Waals surface area contributed by atoms with E-state index in [9.17, 15) is 48.5 Å². The van der Waals surface area contributed by atoms with Gasteiger partial charge in [-0.3, -0.25) is 23.3 Å². The zero-order valence-corrected chi connectivity index (χ0v) is 36.9. The standard InChI is InChI=1S/C41H48N4O13S3/c1-28-14-16-30(17-15-28)58-37(46)27-57-43(6)39(47)29-24-33-38(44(26-29)20-10-22-59(48,49)50)42-35(40(33,2)3)12-8-7-9-13-36-41(4,5)32-25-31(61(54,55)56)18-19-34(32)45(36)21-11-23-60(51,52)53/h7-9,12-19,24-26H,10-11,20-23,27H2,1-6H3,(H2-,48,49,50,51,52,53,54,55,56)/p+1. The monoisotopic (exact) mass is 901 g/mol. The van der Waals surface area contributed by atoms with Crippen LogP contribution in [0.3, 0.4) is 0 Å². The minimum Gasteiger partial charge on any atom is -0.425 e. The number of benzene rings is 2. The highest BCUT2D eigenvalue weighted by Gasteiger charge is 2.44. The molecule has 1 amide bonds. The van der Waals surface area contributed by atoms with Crippen LogP contribution in [0.2, 0.25) is 0 Å². The topological polar surface area (TPSA) is 238 Å². The Hall–Kier alpha value is -5.09. The highest BCUT2D eigenvalue weighted by Crippen LogP contribution is 2.48. The molecular formula is C41H49N4O13S3+. The summed E-state index contributed by atoms with van der Waals surface area (Å²) in [6.45, 7) is 9.10. The lowest BCUT2D eigenvalue weighted by molar-refractivity contribution is -0.684. The van der Waals surface area contributed by atoms with Crippen LogP contribution in [-0.4, -0.2) is 93.3 Å². The molecule has 2 aliphatic heterocycles. The first-order valence-electron chi connectivity index (χ1n) is 19.0. The maximum Gasteiger partial charge on any atom is 0.340 e. The van der Waals surface area contributed by atoms with Crippen LogP contribution in [0.4, 0.5) is 11.5 Å². The molecule has 2 aliphatic rings. The molecule has 0 saturated heterocycles. The van der Waals surface area contributed by atoms with Crippen LogP contribution in [0.25, 0.3) is 0 Å². The number of esters is 1. The molecule has 0 unspecified atom stereocenters. The van der Waals surface area contributed by atoms with Crippen molar-refractivity contribution in [2.24, 2.45) is 4.99 Å². The number of aromatic nitrogens is 1. The van der Waals surface area contributed by atoms with Crippen molar-refractivity contribution in [2.45, 2.75) is 69.7 Å². The van der Waals surface area contributed by atoms with Crippen LogP contribution >= 0.6 is 0 Å². The summed E-state index contributed by atoms with van der Waals surface area (Å²) in [5.41, 5.74) is 2.70. The van der Waals surface area contributed by atoms with Gasteiger partial charge < -0.3 is 9.64 Å². The molecular weight excluding hydrogens is 853 g/mol. The van der Waals surface area contributed by atoms with Crippen LogP contribution in [0.5, 0.6) is 5.75 Å². The number of pyridine rings is 1. The second-order valence-electron chi connectivity index (χ2n) is 15.7. The van der Waals surface area contributed by atoms with Crippen molar-refractivity contribution in [3.05, 3.63) is 113 Å². The van der Waals surface area contributed by atoms with Crippen molar-refractivity contribution in [3.8, 4) is 5.75 Å². The Morgan fingerprint density at radius 2 is 1.51 bits per heavy atom. The molecule has 3 heterocycles. The molecule has 2 aromatic carbocycles. The van der Waals surface area contributed by atoms with Crippen molar-refractivity contribution < 1.29 is 62.6 Å². The van der Waals surface area contributed by atoms with Crippen molar-refractivity contribution in [1.82, 2.24) is 5.06 Å². The lowest BCUT2D eigenvalue weighted by Gasteiger charge is -2.27. The van der Waals surface area contributed by atoms with Gasteiger partial charge in [-0.15, -0.1) is 0 Å². The van der Waals surface area contributed by atoms with E-state index in [1.54, 1.807) is 71.3 Å². The average Bonchev–Trinajstić information content (AvgIpc) is 3.53. The molecule has 1 aromatic heterocycles. The van der Waals surface area contributed by atoms with Crippen molar-refractivity contribution in [2.75, 3.05) is 36.6 Å². The molecule has 328 valence electrons. The second kappa shape index (κ2) is 18.1. The van der Waals surface area contributed by atoms with E-state index in [-0.39, 0.29) is 36.4 Å². The van der Waals surface area contributed by atoms with E-state index < -0.39 is 71.2 Å². The summed E-state index contributed by atoms with van der Waals surface area (Å²) in [6, 6.07) is 12.7. The minimum atomic E-state index is -4.51. The van der Waals surface area contributed by atoms with E-state index in [1.165, 1.54) is 25.4 Å². The molecule has 0 bridgehead atoms. The zero-order chi connectivity index (χ0) is 45.1. The fourth-order valence-corrected chi connectivity index (χ4v) is 8.54. The lowest BCUT2D eigenvalue weighted by atomic mass is 9.81. The molecule has 20 heteroatoms. The maximum atomic E-state index is 13.6. The highest BCUT2D eigenvalue weighted by molar-refractivity contribution is 7.86. The zero-order valence-electron chi connectivity index (χ0n) is 34.5. The first kappa shape index (κ1) is 47.0. The quantitative estimate of drug-likeness (QED) is 0.0410. The molecule has 3 N–H and O–H groups in total. The van der Waals surface area contributed by atoms with Crippen LogP contribution in [-0.2, 0) is 57.4 Å². The third-order valence-corrected chi connectivity index (χ3v) is 12.7. The molecule has 0 radical (unpaired) electrons. The van der Waals surface area contributed by atoms with Gasteiger partial charge in [-0.05, 0) is 86.3 Å². The van der Waals surface area contributed by atoms with Crippen molar-refractivity contribution in [3.63, 3.8) is 0 Å². The van der Waals surface area contributed by atoms with Gasteiger partial charge in [0.15, 0.2) is 12.3 Å². The maximum absolute atomic E-state index is 13.6. The van der Waals surface area contributed by atoms with Crippen LogP contribution in [0.15, 0.2) is 101 Å². The molecule has 3 aromatic rings. The number of allylic oxidation sites excluding steroid dienone is 6. The summed E-state index contributed by atoms with van der Waals surface area (Å²) in [5, 5.41) is 0.900. The molecule has 17 nitrogen and oxygen atoms in total. The van der Waals surface area contributed by atoms with Gasteiger partial charge in [0, 0.05) is 36.8 Å². The first-order valence-corrected chi connectivity index (χ1v) is 23.6. The molecule has 0 spiro atoms. The normalized spacial score (nSPS) is 16.6. The average molecular weight is 902 g/mol. The van der Waals surface area contributed by atoms with E-state index in [0.717, 1.165) is 10.6 Å². The van der Waals surface area contributed by atoms with Crippen LogP contribution in [0, 0.1) is 6.92 Å². The van der Waals surface area contributed by atoms with E-state index in [0.29, 0.717) is 39.8 Å².